The highest BCUT2D eigenvalue weighted by atomic mass is 127. The Morgan fingerprint density at radius 2 is 1.82 bits per heavy atom. The highest BCUT2D eigenvalue weighted by molar-refractivity contribution is 14.0. The summed E-state index contributed by atoms with van der Waals surface area (Å²) in [6, 6.07) is 11.8. The molecule has 1 amide bonds. The maximum atomic E-state index is 13.1. The van der Waals surface area contributed by atoms with Crippen molar-refractivity contribution in [3.63, 3.8) is 0 Å². The summed E-state index contributed by atoms with van der Waals surface area (Å²) in [6.45, 7) is 1.19. The third-order valence-electron chi connectivity index (χ3n) is 3.99. The van der Waals surface area contributed by atoms with Crippen LogP contribution in [-0.4, -0.2) is 44.5 Å². The molecule has 0 spiro atoms. The molecule has 28 heavy (non-hydrogen) atoms. The number of benzene rings is 2. The Hall–Kier alpha value is -1.87. The summed E-state index contributed by atoms with van der Waals surface area (Å²) in [6.07, 6.45) is 0.654. The summed E-state index contributed by atoms with van der Waals surface area (Å²) >= 11 is 6.03. The van der Waals surface area contributed by atoms with E-state index in [4.69, 9.17) is 11.6 Å². The summed E-state index contributed by atoms with van der Waals surface area (Å²) in [5.74, 6) is 0.292. The lowest BCUT2D eigenvalue weighted by Crippen LogP contribution is -2.37. The van der Waals surface area contributed by atoms with Gasteiger partial charge in [-0.1, -0.05) is 29.8 Å². The fourth-order valence-electron chi connectivity index (χ4n) is 2.47. The van der Waals surface area contributed by atoms with Gasteiger partial charge in [-0.25, -0.2) is 4.39 Å². The van der Waals surface area contributed by atoms with E-state index in [-0.39, 0.29) is 35.7 Å². The quantitative estimate of drug-likeness (QED) is 0.348. The van der Waals surface area contributed by atoms with E-state index in [0.717, 1.165) is 11.1 Å². The monoisotopic (exact) mass is 518 g/mol. The van der Waals surface area contributed by atoms with Crippen LogP contribution in [0.15, 0.2) is 47.5 Å². The minimum absolute atomic E-state index is 0. The van der Waals surface area contributed by atoms with E-state index in [1.165, 1.54) is 12.1 Å². The molecule has 2 N–H and O–H groups in total. The van der Waals surface area contributed by atoms with Gasteiger partial charge in [0.15, 0.2) is 5.96 Å². The first kappa shape index (κ1) is 24.2. The fourth-order valence-corrected chi connectivity index (χ4v) is 2.73. The zero-order chi connectivity index (χ0) is 19.8. The Bertz CT molecular complexity index is 812. The number of amides is 1. The van der Waals surface area contributed by atoms with Crippen LogP contribution >= 0.6 is 35.6 Å². The first-order valence-electron chi connectivity index (χ1n) is 8.59. The van der Waals surface area contributed by atoms with Gasteiger partial charge < -0.3 is 15.5 Å². The van der Waals surface area contributed by atoms with Crippen molar-refractivity contribution in [3.05, 3.63) is 70.0 Å². The van der Waals surface area contributed by atoms with Gasteiger partial charge in [-0.15, -0.1) is 24.0 Å². The van der Waals surface area contributed by atoms with E-state index in [0.29, 0.717) is 36.1 Å². The summed E-state index contributed by atoms with van der Waals surface area (Å²) in [4.78, 5) is 17.6. The smallest absolute Gasteiger partial charge is 0.253 e. The normalized spacial score (nSPS) is 10.8. The SMILES string of the molecule is CN=C(NCCc1ccc(F)cc1Cl)NCc1ccc(C(=O)N(C)C)cc1.I. The molecule has 0 saturated carbocycles. The maximum Gasteiger partial charge on any atom is 0.253 e. The molecule has 0 aliphatic carbocycles. The number of carbonyl (C=O) groups is 1. The molecule has 0 aromatic heterocycles. The van der Waals surface area contributed by atoms with Crippen molar-refractivity contribution in [2.45, 2.75) is 13.0 Å². The third-order valence-corrected chi connectivity index (χ3v) is 4.34. The molecule has 0 aliphatic rings. The van der Waals surface area contributed by atoms with Crippen LogP contribution in [0.4, 0.5) is 4.39 Å². The molecule has 0 radical (unpaired) electrons. The molecule has 0 fully saturated rings. The predicted octanol–water partition coefficient (Wildman–Crippen LogP) is 3.71. The van der Waals surface area contributed by atoms with Gasteiger partial charge >= 0.3 is 0 Å². The number of halogens is 3. The van der Waals surface area contributed by atoms with Crippen LogP contribution in [0.1, 0.15) is 21.5 Å². The minimum atomic E-state index is -0.340. The Morgan fingerprint density at radius 3 is 2.39 bits per heavy atom. The molecule has 2 aromatic carbocycles. The molecule has 0 heterocycles. The fraction of sp³-hybridized carbons (Fsp3) is 0.300. The van der Waals surface area contributed by atoms with Crippen LogP contribution in [0.2, 0.25) is 5.02 Å². The van der Waals surface area contributed by atoms with Crippen LogP contribution in [-0.2, 0) is 13.0 Å². The maximum absolute atomic E-state index is 13.1. The third kappa shape index (κ3) is 7.27. The van der Waals surface area contributed by atoms with E-state index < -0.39 is 0 Å². The Labute approximate surface area is 187 Å². The molecule has 2 aromatic rings. The van der Waals surface area contributed by atoms with Crippen molar-refractivity contribution in [1.82, 2.24) is 15.5 Å². The van der Waals surface area contributed by atoms with Gasteiger partial charge in [0.2, 0.25) is 0 Å². The Balaban J connectivity index is 0.00000392. The molecule has 0 aliphatic heterocycles. The standard InChI is InChI=1S/C20H24ClFN4O.HI/c1-23-20(24-11-10-15-8-9-17(22)12-18(15)21)25-13-14-4-6-16(7-5-14)19(27)26(2)3;/h4-9,12H,10-11,13H2,1-3H3,(H2,23,24,25);1H. The molecule has 0 bridgehead atoms. The second-order valence-electron chi connectivity index (χ2n) is 6.23. The van der Waals surface area contributed by atoms with Gasteiger partial charge in [0.25, 0.3) is 5.91 Å². The van der Waals surface area contributed by atoms with Gasteiger partial charge in [0.1, 0.15) is 5.82 Å². The minimum Gasteiger partial charge on any atom is -0.356 e. The number of nitrogens with zero attached hydrogens (tertiary/aromatic N) is 2. The average molecular weight is 519 g/mol. The van der Waals surface area contributed by atoms with Gasteiger partial charge in [0, 0.05) is 44.8 Å². The van der Waals surface area contributed by atoms with Crippen LogP contribution in [0.25, 0.3) is 0 Å². The van der Waals surface area contributed by atoms with E-state index in [1.54, 1.807) is 32.1 Å². The highest BCUT2D eigenvalue weighted by Crippen LogP contribution is 2.17. The van der Waals surface area contributed by atoms with Crippen molar-refractivity contribution in [3.8, 4) is 0 Å². The summed E-state index contributed by atoms with van der Waals surface area (Å²) < 4.78 is 13.1. The summed E-state index contributed by atoms with van der Waals surface area (Å²) in [5, 5.41) is 6.84. The molecule has 8 heteroatoms. The largest absolute Gasteiger partial charge is 0.356 e. The van der Waals surface area contributed by atoms with Crippen molar-refractivity contribution >= 4 is 47.4 Å². The molecule has 0 saturated heterocycles. The highest BCUT2D eigenvalue weighted by Gasteiger charge is 2.07. The Morgan fingerprint density at radius 1 is 1.14 bits per heavy atom. The number of nitrogens with one attached hydrogen (secondary N) is 2. The van der Waals surface area contributed by atoms with Crippen molar-refractivity contribution in [2.75, 3.05) is 27.7 Å². The molecule has 5 nitrogen and oxygen atoms in total. The van der Waals surface area contributed by atoms with E-state index in [9.17, 15) is 9.18 Å². The van der Waals surface area contributed by atoms with Crippen LogP contribution in [0.3, 0.4) is 0 Å². The number of guanidine groups is 1. The van der Waals surface area contributed by atoms with Crippen molar-refractivity contribution in [1.29, 1.82) is 0 Å². The lowest BCUT2D eigenvalue weighted by Gasteiger charge is -2.13. The molecule has 152 valence electrons. The second kappa shape index (κ2) is 11.9. The van der Waals surface area contributed by atoms with Crippen LogP contribution in [0.5, 0.6) is 0 Å². The Kier molecular flexibility index (Phi) is 10.2. The zero-order valence-electron chi connectivity index (χ0n) is 16.1. The number of rotatable bonds is 6. The molecule has 0 atom stereocenters. The zero-order valence-corrected chi connectivity index (χ0v) is 19.2. The summed E-state index contributed by atoms with van der Waals surface area (Å²) in [7, 11) is 5.15. The van der Waals surface area contributed by atoms with Gasteiger partial charge in [-0.2, -0.15) is 0 Å². The van der Waals surface area contributed by atoms with Crippen LogP contribution in [0, 0.1) is 5.82 Å². The molecular weight excluding hydrogens is 494 g/mol. The molecule has 2 rings (SSSR count). The number of hydrogen-bond donors (Lipinski definition) is 2. The van der Waals surface area contributed by atoms with Gasteiger partial charge in [-0.3, -0.25) is 9.79 Å². The van der Waals surface area contributed by atoms with E-state index in [1.807, 2.05) is 24.3 Å². The van der Waals surface area contributed by atoms with Gasteiger partial charge in [0.05, 0.1) is 0 Å². The first-order valence-corrected chi connectivity index (χ1v) is 8.97. The molecule has 0 unspecified atom stereocenters. The van der Waals surface area contributed by atoms with Crippen LogP contribution < -0.4 is 10.6 Å². The van der Waals surface area contributed by atoms with Gasteiger partial charge in [-0.05, 0) is 41.8 Å². The molecular formula is C20H25ClFIN4O. The van der Waals surface area contributed by atoms with E-state index >= 15 is 0 Å². The second-order valence-corrected chi connectivity index (χ2v) is 6.64. The number of carbonyl (C=O) groups excluding carboxylic acids is 1. The lowest BCUT2D eigenvalue weighted by atomic mass is 10.1. The van der Waals surface area contributed by atoms with E-state index in [2.05, 4.69) is 15.6 Å². The number of hydrogen-bond acceptors (Lipinski definition) is 2. The van der Waals surface area contributed by atoms with Crippen molar-refractivity contribution in [2.24, 2.45) is 4.99 Å². The topological polar surface area (TPSA) is 56.7 Å². The average Bonchev–Trinajstić information content (AvgIpc) is 2.65. The van der Waals surface area contributed by atoms with Crippen molar-refractivity contribution < 1.29 is 9.18 Å². The summed E-state index contributed by atoms with van der Waals surface area (Å²) in [5.41, 5.74) is 2.57. The number of aliphatic imine (C=N–C) groups is 1. The lowest BCUT2D eigenvalue weighted by molar-refractivity contribution is 0.0827. The first-order chi connectivity index (χ1) is 12.9. The predicted molar refractivity (Wildman–Crippen MR) is 123 cm³/mol.